The van der Waals surface area contributed by atoms with Gasteiger partial charge in [0.15, 0.2) is 5.82 Å². The average Bonchev–Trinajstić information content (AvgIpc) is 3.15. The maximum atomic E-state index is 8.98. The molecule has 0 fully saturated rings. The first-order valence-corrected chi connectivity index (χ1v) is 7.48. The number of hydrogen-bond acceptors (Lipinski definition) is 5. The van der Waals surface area contributed by atoms with Crippen LogP contribution in [0.1, 0.15) is 13.8 Å². The lowest BCUT2D eigenvalue weighted by Gasteiger charge is -2.19. The Morgan fingerprint density at radius 1 is 1.14 bits per heavy atom. The highest BCUT2D eigenvalue weighted by Crippen LogP contribution is 2.26. The third-order valence-electron chi connectivity index (χ3n) is 3.74. The molecule has 0 unspecified atom stereocenters. The Morgan fingerprint density at radius 2 is 1.95 bits per heavy atom. The van der Waals surface area contributed by atoms with Crippen molar-refractivity contribution in [2.75, 3.05) is 24.6 Å². The van der Waals surface area contributed by atoms with Gasteiger partial charge in [-0.05, 0) is 19.9 Å². The van der Waals surface area contributed by atoms with Crippen LogP contribution in [0.2, 0.25) is 0 Å². The highest BCUT2D eigenvalue weighted by Gasteiger charge is 2.13. The molecule has 0 aromatic carbocycles. The van der Waals surface area contributed by atoms with Gasteiger partial charge in [0.1, 0.15) is 11.8 Å². The van der Waals surface area contributed by atoms with E-state index in [1.165, 1.54) is 0 Å². The van der Waals surface area contributed by atoms with Crippen molar-refractivity contribution in [3.63, 3.8) is 0 Å². The summed E-state index contributed by atoms with van der Waals surface area (Å²) in [5.41, 5.74) is 3.03. The predicted molar refractivity (Wildman–Crippen MR) is 84.9 cm³/mol. The summed E-state index contributed by atoms with van der Waals surface area (Å²) >= 11 is 0. The third kappa shape index (κ3) is 2.55. The molecule has 116 valence electrons. The van der Waals surface area contributed by atoms with Gasteiger partial charge in [-0.2, -0.15) is 10.2 Å². The SMILES string of the molecule is CCN(CC)c1ncnn2cc(-c3cnn(CCO)c3)cc12. The molecule has 0 spiro atoms. The zero-order valence-corrected chi connectivity index (χ0v) is 12.8. The van der Waals surface area contributed by atoms with Gasteiger partial charge in [-0.15, -0.1) is 0 Å². The monoisotopic (exact) mass is 300 g/mol. The fourth-order valence-corrected chi connectivity index (χ4v) is 2.58. The number of aliphatic hydroxyl groups is 1. The van der Waals surface area contributed by atoms with Gasteiger partial charge in [-0.1, -0.05) is 0 Å². The van der Waals surface area contributed by atoms with Crippen LogP contribution in [-0.4, -0.2) is 49.2 Å². The van der Waals surface area contributed by atoms with E-state index in [9.17, 15) is 0 Å². The molecule has 0 aliphatic rings. The van der Waals surface area contributed by atoms with Gasteiger partial charge in [0.05, 0.1) is 19.3 Å². The molecule has 0 radical (unpaired) electrons. The van der Waals surface area contributed by atoms with Crippen LogP contribution in [0.25, 0.3) is 16.6 Å². The second kappa shape index (κ2) is 6.15. The predicted octanol–water partition coefficient (Wildman–Crippen LogP) is 1.43. The van der Waals surface area contributed by atoms with Crippen LogP contribution in [-0.2, 0) is 6.54 Å². The molecule has 0 bridgehead atoms. The van der Waals surface area contributed by atoms with Crippen molar-refractivity contribution in [1.82, 2.24) is 24.4 Å². The maximum Gasteiger partial charge on any atom is 0.156 e. The molecule has 22 heavy (non-hydrogen) atoms. The van der Waals surface area contributed by atoms with E-state index in [-0.39, 0.29) is 6.61 Å². The van der Waals surface area contributed by atoms with Gasteiger partial charge in [-0.25, -0.2) is 9.50 Å². The average molecular weight is 300 g/mol. The van der Waals surface area contributed by atoms with E-state index in [0.717, 1.165) is 35.6 Å². The lowest BCUT2D eigenvalue weighted by molar-refractivity contribution is 0.269. The summed E-state index contributed by atoms with van der Waals surface area (Å²) < 4.78 is 3.58. The number of aromatic nitrogens is 5. The van der Waals surface area contributed by atoms with Crippen LogP contribution in [0.3, 0.4) is 0 Å². The molecule has 0 aliphatic carbocycles. The van der Waals surface area contributed by atoms with E-state index < -0.39 is 0 Å². The molecular weight excluding hydrogens is 280 g/mol. The number of anilines is 1. The fourth-order valence-electron chi connectivity index (χ4n) is 2.58. The molecule has 3 heterocycles. The van der Waals surface area contributed by atoms with Crippen molar-refractivity contribution < 1.29 is 5.11 Å². The third-order valence-corrected chi connectivity index (χ3v) is 3.74. The van der Waals surface area contributed by atoms with Gasteiger partial charge in [-0.3, -0.25) is 4.68 Å². The highest BCUT2D eigenvalue weighted by molar-refractivity contribution is 5.77. The van der Waals surface area contributed by atoms with E-state index >= 15 is 0 Å². The lowest BCUT2D eigenvalue weighted by Crippen LogP contribution is -2.23. The second-order valence-electron chi connectivity index (χ2n) is 5.03. The zero-order chi connectivity index (χ0) is 15.5. The summed E-state index contributed by atoms with van der Waals surface area (Å²) in [5, 5.41) is 17.5. The van der Waals surface area contributed by atoms with Crippen molar-refractivity contribution in [2.24, 2.45) is 0 Å². The number of fused-ring (bicyclic) bond motifs is 1. The molecule has 0 saturated heterocycles. The molecule has 0 saturated carbocycles. The Labute approximate surface area is 128 Å². The summed E-state index contributed by atoms with van der Waals surface area (Å²) in [4.78, 5) is 6.63. The Bertz CT molecular complexity index is 758. The summed E-state index contributed by atoms with van der Waals surface area (Å²) in [5.74, 6) is 0.939. The first-order chi connectivity index (χ1) is 10.8. The summed E-state index contributed by atoms with van der Waals surface area (Å²) in [6.07, 6.45) is 7.29. The van der Waals surface area contributed by atoms with Gasteiger partial charge >= 0.3 is 0 Å². The highest BCUT2D eigenvalue weighted by atomic mass is 16.3. The van der Waals surface area contributed by atoms with Crippen molar-refractivity contribution in [3.05, 3.63) is 31.0 Å². The van der Waals surface area contributed by atoms with E-state index in [4.69, 9.17) is 5.11 Å². The van der Waals surface area contributed by atoms with Gasteiger partial charge < -0.3 is 10.0 Å². The largest absolute Gasteiger partial charge is 0.394 e. The molecule has 0 amide bonds. The smallest absolute Gasteiger partial charge is 0.156 e. The lowest BCUT2D eigenvalue weighted by atomic mass is 10.2. The maximum absolute atomic E-state index is 8.98. The molecule has 0 atom stereocenters. The Balaban J connectivity index is 2.03. The van der Waals surface area contributed by atoms with Crippen LogP contribution < -0.4 is 4.90 Å². The fraction of sp³-hybridized carbons (Fsp3) is 0.400. The normalized spacial score (nSPS) is 11.2. The van der Waals surface area contributed by atoms with Crippen molar-refractivity contribution in [3.8, 4) is 11.1 Å². The van der Waals surface area contributed by atoms with Crippen LogP contribution >= 0.6 is 0 Å². The molecule has 3 rings (SSSR count). The minimum Gasteiger partial charge on any atom is -0.394 e. The quantitative estimate of drug-likeness (QED) is 0.745. The van der Waals surface area contributed by atoms with Gasteiger partial charge in [0.2, 0.25) is 0 Å². The van der Waals surface area contributed by atoms with Crippen molar-refractivity contribution >= 4 is 11.3 Å². The Kier molecular flexibility index (Phi) is 4.06. The minimum absolute atomic E-state index is 0.0798. The minimum atomic E-state index is 0.0798. The molecule has 0 aliphatic heterocycles. The first kappa shape index (κ1) is 14.5. The van der Waals surface area contributed by atoms with Crippen molar-refractivity contribution in [1.29, 1.82) is 0 Å². The van der Waals surface area contributed by atoms with E-state index in [1.54, 1.807) is 17.2 Å². The van der Waals surface area contributed by atoms with Gasteiger partial charge in [0, 0.05) is 36.6 Å². The molecule has 7 heteroatoms. The first-order valence-electron chi connectivity index (χ1n) is 7.48. The molecule has 3 aromatic heterocycles. The van der Waals surface area contributed by atoms with E-state index in [0.29, 0.717) is 6.54 Å². The number of rotatable bonds is 6. The summed E-state index contributed by atoms with van der Waals surface area (Å²) in [6, 6.07) is 2.08. The topological polar surface area (TPSA) is 71.5 Å². The summed E-state index contributed by atoms with van der Waals surface area (Å²) in [7, 11) is 0. The Morgan fingerprint density at radius 3 is 2.68 bits per heavy atom. The molecule has 1 N–H and O–H groups in total. The number of aliphatic hydroxyl groups excluding tert-OH is 1. The van der Waals surface area contributed by atoms with E-state index in [1.807, 2.05) is 16.9 Å². The second-order valence-corrected chi connectivity index (χ2v) is 5.03. The van der Waals surface area contributed by atoms with Crippen LogP contribution in [0, 0.1) is 0 Å². The van der Waals surface area contributed by atoms with Crippen LogP contribution in [0.4, 0.5) is 5.82 Å². The zero-order valence-electron chi connectivity index (χ0n) is 12.8. The van der Waals surface area contributed by atoms with Crippen LogP contribution in [0.5, 0.6) is 0 Å². The Hall–Kier alpha value is -2.41. The molecular formula is C15H20N6O. The standard InChI is InChI=1S/C15H20N6O/c1-3-19(4-2)15-14-7-12(10-21(14)18-11-16-15)13-8-17-20(9-13)5-6-22/h7-11,22H,3-6H2,1-2H3. The summed E-state index contributed by atoms with van der Waals surface area (Å²) in [6.45, 7) is 6.61. The number of nitrogens with zero attached hydrogens (tertiary/aromatic N) is 6. The molecule has 7 nitrogen and oxygen atoms in total. The number of hydrogen-bond donors (Lipinski definition) is 1. The van der Waals surface area contributed by atoms with Crippen molar-refractivity contribution in [2.45, 2.75) is 20.4 Å². The van der Waals surface area contributed by atoms with Gasteiger partial charge in [0.25, 0.3) is 0 Å². The van der Waals surface area contributed by atoms with E-state index in [2.05, 4.69) is 40.0 Å². The molecule has 3 aromatic rings. The van der Waals surface area contributed by atoms with Crippen LogP contribution in [0.15, 0.2) is 31.0 Å².